The van der Waals surface area contributed by atoms with Gasteiger partial charge in [-0.25, -0.2) is 0 Å². The molecule has 96 valence electrons. The second-order valence-corrected chi connectivity index (χ2v) is 4.51. The van der Waals surface area contributed by atoms with Crippen LogP contribution < -0.4 is 11.1 Å². The van der Waals surface area contributed by atoms with Crippen molar-refractivity contribution >= 4 is 22.3 Å². The topological polar surface area (TPSA) is 71.2 Å². The van der Waals surface area contributed by atoms with Crippen LogP contribution in [-0.4, -0.2) is 22.7 Å². The van der Waals surface area contributed by atoms with Crippen LogP contribution in [0.25, 0.3) is 10.9 Å². The van der Waals surface area contributed by atoms with Gasteiger partial charge in [0.2, 0.25) is 0 Å². The molecule has 1 atom stereocenters. The summed E-state index contributed by atoms with van der Waals surface area (Å²) in [7, 11) is 0. The summed E-state index contributed by atoms with van der Waals surface area (Å²) in [6.45, 7) is 2.61. The molecule has 0 aliphatic heterocycles. The molecule has 1 heterocycles. The lowest BCUT2D eigenvalue weighted by atomic mass is 10.1. The van der Waals surface area contributed by atoms with Crippen molar-refractivity contribution in [2.45, 2.75) is 25.9 Å². The third-order valence-corrected chi connectivity index (χ3v) is 2.94. The monoisotopic (exact) mass is 245 g/mol. The molecule has 0 radical (unpaired) electrons. The van der Waals surface area contributed by atoms with Crippen LogP contribution in [0, 0.1) is 0 Å². The van der Waals surface area contributed by atoms with Gasteiger partial charge in [-0.15, -0.1) is 0 Å². The van der Waals surface area contributed by atoms with Crippen LogP contribution in [0.5, 0.6) is 0 Å². The third-order valence-electron chi connectivity index (χ3n) is 2.94. The van der Waals surface area contributed by atoms with E-state index in [-0.39, 0.29) is 6.10 Å². The molecule has 4 heteroatoms. The highest BCUT2D eigenvalue weighted by Gasteiger charge is 2.04. The molecule has 0 aliphatic rings. The standard InChI is InChI=1S/C14H19N3O/c1-10(18)4-2-8-17-13-7-6-12-11(14(13)15)5-3-9-16-12/h3,5-7,9-10,17-18H,2,4,8,15H2,1H3. The van der Waals surface area contributed by atoms with Gasteiger partial charge in [-0.3, -0.25) is 4.98 Å². The molecule has 1 aromatic carbocycles. The lowest BCUT2D eigenvalue weighted by Gasteiger charge is -2.11. The van der Waals surface area contributed by atoms with Gasteiger partial charge in [-0.05, 0) is 44.0 Å². The van der Waals surface area contributed by atoms with Crippen molar-refractivity contribution < 1.29 is 5.11 Å². The number of aliphatic hydroxyl groups is 1. The molecule has 1 aromatic heterocycles. The fourth-order valence-electron chi connectivity index (χ4n) is 1.95. The summed E-state index contributed by atoms with van der Waals surface area (Å²) >= 11 is 0. The second-order valence-electron chi connectivity index (χ2n) is 4.51. The largest absolute Gasteiger partial charge is 0.397 e. The summed E-state index contributed by atoms with van der Waals surface area (Å²) in [5.74, 6) is 0. The number of hydrogen-bond acceptors (Lipinski definition) is 4. The summed E-state index contributed by atoms with van der Waals surface area (Å²) < 4.78 is 0. The Balaban J connectivity index is 2.07. The van der Waals surface area contributed by atoms with E-state index in [1.54, 1.807) is 13.1 Å². The van der Waals surface area contributed by atoms with Crippen LogP contribution in [-0.2, 0) is 0 Å². The SMILES string of the molecule is CC(O)CCCNc1ccc2ncccc2c1N. The van der Waals surface area contributed by atoms with Crippen LogP contribution in [0.15, 0.2) is 30.5 Å². The Hall–Kier alpha value is -1.81. The van der Waals surface area contributed by atoms with Crippen molar-refractivity contribution in [3.05, 3.63) is 30.5 Å². The Labute approximate surface area is 107 Å². The van der Waals surface area contributed by atoms with Crippen LogP contribution in [0.1, 0.15) is 19.8 Å². The lowest BCUT2D eigenvalue weighted by molar-refractivity contribution is 0.183. The summed E-state index contributed by atoms with van der Waals surface area (Å²) in [4.78, 5) is 4.26. The number of rotatable bonds is 5. The van der Waals surface area contributed by atoms with Gasteiger partial charge in [0, 0.05) is 18.1 Å². The molecule has 2 aromatic rings. The number of nitrogens with zero attached hydrogens (tertiary/aromatic N) is 1. The Bertz CT molecular complexity index is 525. The van der Waals surface area contributed by atoms with Crippen molar-refractivity contribution in [3.63, 3.8) is 0 Å². The number of pyridine rings is 1. The molecule has 0 spiro atoms. The van der Waals surface area contributed by atoms with Gasteiger partial charge in [0.05, 0.1) is 23.0 Å². The number of benzene rings is 1. The van der Waals surface area contributed by atoms with Gasteiger partial charge in [-0.1, -0.05) is 0 Å². The van der Waals surface area contributed by atoms with Gasteiger partial charge >= 0.3 is 0 Å². The molecule has 0 saturated heterocycles. The molecule has 18 heavy (non-hydrogen) atoms. The molecule has 0 fully saturated rings. The zero-order valence-electron chi connectivity index (χ0n) is 10.6. The highest BCUT2D eigenvalue weighted by molar-refractivity contribution is 5.96. The van der Waals surface area contributed by atoms with Crippen LogP contribution in [0.3, 0.4) is 0 Å². The molecule has 1 unspecified atom stereocenters. The first-order chi connectivity index (χ1) is 8.68. The lowest BCUT2D eigenvalue weighted by Crippen LogP contribution is -2.08. The van der Waals surface area contributed by atoms with E-state index in [0.717, 1.165) is 41.7 Å². The van der Waals surface area contributed by atoms with E-state index < -0.39 is 0 Å². The molecule has 4 N–H and O–H groups in total. The average molecular weight is 245 g/mol. The number of nitrogen functional groups attached to an aromatic ring is 1. The van der Waals surface area contributed by atoms with Crippen molar-refractivity contribution in [1.82, 2.24) is 4.98 Å². The summed E-state index contributed by atoms with van der Waals surface area (Å²) in [6, 6.07) is 7.77. The Morgan fingerprint density at radius 3 is 3.00 bits per heavy atom. The number of aromatic nitrogens is 1. The van der Waals surface area contributed by atoms with Crippen LogP contribution in [0.4, 0.5) is 11.4 Å². The number of aliphatic hydroxyl groups excluding tert-OH is 1. The quantitative estimate of drug-likeness (QED) is 0.558. The van der Waals surface area contributed by atoms with Crippen molar-refractivity contribution in [2.75, 3.05) is 17.6 Å². The molecule has 0 amide bonds. The number of anilines is 2. The van der Waals surface area contributed by atoms with E-state index in [9.17, 15) is 5.11 Å². The summed E-state index contributed by atoms with van der Waals surface area (Å²) in [5, 5.41) is 13.5. The molecule has 0 saturated carbocycles. The molecular formula is C14H19N3O. The number of fused-ring (bicyclic) bond motifs is 1. The highest BCUT2D eigenvalue weighted by atomic mass is 16.3. The van der Waals surface area contributed by atoms with Crippen molar-refractivity contribution in [1.29, 1.82) is 0 Å². The van der Waals surface area contributed by atoms with Crippen molar-refractivity contribution in [3.8, 4) is 0 Å². The molecule has 4 nitrogen and oxygen atoms in total. The van der Waals surface area contributed by atoms with Crippen LogP contribution >= 0.6 is 0 Å². The van der Waals surface area contributed by atoms with Gasteiger partial charge < -0.3 is 16.2 Å². The Kier molecular flexibility index (Phi) is 3.99. The second kappa shape index (κ2) is 5.69. The smallest absolute Gasteiger partial charge is 0.0724 e. The average Bonchev–Trinajstić information content (AvgIpc) is 2.37. The molecule has 2 rings (SSSR count). The van der Waals surface area contributed by atoms with Gasteiger partial charge in [0.15, 0.2) is 0 Å². The minimum absolute atomic E-state index is 0.245. The van der Waals surface area contributed by atoms with E-state index in [4.69, 9.17) is 5.73 Å². The third kappa shape index (κ3) is 2.90. The van der Waals surface area contributed by atoms with E-state index in [1.807, 2.05) is 24.3 Å². The normalized spacial score (nSPS) is 12.6. The minimum Gasteiger partial charge on any atom is -0.397 e. The van der Waals surface area contributed by atoms with Crippen molar-refractivity contribution in [2.24, 2.45) is 0 Å². The number of nitrogens with two attached hydrogens (primary N) is 1. The van der Waals surface area contributed by atoms with E-state index in [1.165, 1.54) is 0 Å². The number of nitrogens with one attached hydrogen (secondary N) is 1. The number of hydrogen-bond donors (Lipinski definition) is 3. The first kappa shape index (κ1) is 12.6. The minimum atomic E-state index is -0.245. The van der Waals surface area contributed by atoms with E-state index >= 15 is 0 Å². The summed E-state index contributed by atoms with van der Waals surface area (Å²) in [5.41, 5.74) is 8.68. The van der Waals surface area contributed by atoms with Gasteiger partial charge in [0.25, 0.3) is 0 Å². The molecular weight excluding hydrogens is 226 g/mol. The van der Waals surface area contributed by atoms with Crippen LogP contribution in [0.2, 0.25) is 0 Å². The Morgan fingerprint density at radius 2 is 2.22 bits per heavy atom. The predicted octanol–water partition coefficient (Wildman–Crippen LogP) is 2.39. The van der Waals surface area contributed by atoms with E-state index in [2.05, 4.69) is 10.3 Å². The summed E-state index contributed by atoms with van der Waals surface area (Å²) in [6.07, 6.45) is 3.23. The maximum Gasteiger partial charge on any atom is 0.0724 e. The maximum absolute atomic E-state index is 9.18. The molecule has 0 bridgehead atoms. The fraction of sp³-hybridized carbons (Fsp3) is 0.357. The molecule has 0 aliphatic carbocycles. The van der Waals surface area contributed by atoms with Gasteiger partial charge in [0.1, 0.15) is 0 Å². The fourth-order valence-corrected chi connectivity index (χ4v) is 1.95. The predicted molar refractivity (Wildman–Crippen MR) is 75.6 cm³/mol. The maximum atomic E-state index is 9.18. The van der Waals surface area contributed by atoms with E-state index in [0.29, 0.717) is 0 Å². The Morgan fingerprint density at radius 1 is 1.39 bits per heavy atom. The zero-order valence-corrected chi connectivity index (χ0v) is 10.6. The first-order valence-electron chi connectivity index (χ1n) is 6.23. The van der Waals surface area contributed by atoms with Gasteiger partial charge in [-0.2, -0.15) is 0 Å². The first-order valence-corrected chi connectivity index (χ1v) is 6.23. The highest BCUT2D eigenvalue weighted by Crippen LogP contribution is 2.27. The zero-order chi connectivity index (χ0) is 13.0.